The molecule has 6 rings (SSSR count). The Bertz CT molecular complexity index is 1650. The van der Waals surface area contributed by atoms with Crippen molar-refractivity contribution in [3.05, 3.63) is 106 Å². The molecule has 1 heteroatoms. The Kier molecular flexibility index (Phi) is 9.74. The fourth-order valence-electron chi connectivity index (χ4n) is 8.24. The van der Waals surface area contributed by atoms with Crippen molar-refractivity contribution in [2.45, 2.75) is 123 Å². The lowest BCUT2D eigenvalue weighted by molar-refractivity contribution is 0.104. The molecular weight excluding hydrogens is 544 g/mol. The molecule has 0 saturated carbocycles. The molecule has 234 valence electrons. The number of fused-ring (bicyclic) bond motifs is 6. The Morgan fingerprint density at radius 1 is 0.444 bits per heavy atom. The molecule has 0 atom stereocenters. The van der Waals surface area contributed by atoms with Crippen molar-refractivity contribution in [1.82, 2.24) is 0 Å². The van der Waals surface area contributed by atoms with Crippen molar-refractivity contribution in [1.29, 1.82) is 0 Å². The van der Waals surface area contributed by atoms with Gasteiger partial charge in [0, 0.05) is 16.5 Å². The van der Waals surface area contributed by atoms with Gasteiger partial charge in [-0.1, -0.05) is 157 Å². The van der Waals surface area contributed by atoms with Crippen LogP contribution in [0.15, 0.2) is 72.8 Å². The van der Waals surface area contributed by atoms with E-state index < -0.39 is 0 Å². The summed E-state index contributed by atoms with van der Waals surface area (Å²) in [6, 6.07) is 27.2. The molecule has 0 bridgehead atoms. The summed E-state index contributed by atoms with van der Waals surface area (Å²) in [7, 11) is 0. The molecule has 2 aliphatic carbocycles. The first kappa shape index (κ1) is 31.5. The van der Waals surface area contributed by atoms with Gasteiger partial charge in [-0.2, -0.15) is 0 Å². The van der Waals surface area contributed by atoms with E-state index in [0.717, 1.165) is 33.4 Å². The van der Waals surface area contributed by atoms with Crippen molar-refractivity contribution >= 4 is 5.78 Å². The minimum absolute atomic E-state index is 0.0581. The van der Waals surface area contributed by atoms with Crippen LogP contribution in [0.5, 0.6) is 0 Å². The number of hydrogen-bond donors (Lipinski definition) is 0. The SMILES string of the molecule is CCCCCCCCC1(CCCCCCCC)c2cc(C)ccc2-c2ccc(-c3ccc4c(c3)C(=O)c3cc(C)ccc3-4)cc21. The summed E-state index contributed by atoms with van der Waals surface area (Å²) in [6.45, 7) is 8.93. The third-order valence-corrected chi connectivity index (χ3v) is 10.7. The van der Waals surface area contributed by atoms with Crippen LogP contribution in [0.1, 0.15) is 142 Å². The molecule has 0 aliphatic heterocycles. The highest BCUT2D eigenvalue weighted by molar-refractivity contribution is 6.22. The lowest BCUT2D eigenvalue weighted by Crippen LogP contribution is -2.25. The van der Waals surface area contributed by atoms with E-state index in [9.17, 15) is 4.79 Å². The van der Waals surface area contributed by atoms with Crippen LogP contribution >= 0.6 is 0 Å². The van der Waals surface area contributed by atoms with Crippen LogP contribution in [0.3, 0.4) is 0 Å². The highest BCUT2D eigenvalue weighted by Crippen LogP contribution is 2.55. The van der Waals surface area contributed by atoms with Gasteiger partial charge in [0.05, 0.1) is 0 Å². The van der Waals surface area contributed by atoms with Gasteiger partial charge in [-0.05, 0) is 89.4 Å². The maximum absolute atomic E-state index is 13.5. The first-order valence-electron chi connectivity index (χ1n) is 18.0. The summed E-state index contributed by atoms with van der Waals surface area (Å²) in [5.41, 5.74) is 14.7. The quantitative estimate of drug-likeness (QED) is 0.110. The number of hydrogen-bond acceptors (Lipinski definition) is 1. The van der Waals surface area contributed by atoms with Crippen LogP contribution in [-0.4, -0.2) is 5.78 Å². The largest absolute Gasteiger partial charge is 0.289 e. The topological polar surface area (TPSA) is 17.1 Å². The van der Waals surface area contributed by atoms with Crippen LogP contribution < -0.4 is 0 Å². The van der Waals surface area contributed by atoms with E-state index in [1.54, 1.807) is 5.56 Å². The minimum atomic E-state index is 0.0581. The smallest absolute Gasteiger partial charge is 0.194 e. The van der Waals surface area contributed by atoms with Crippen molar-refractivity contribution in [2.24, 2.45) is 0 Å². The number of ketones is 1. The Hall–Kier alpha value is -3.45. The molecule has 0 radical (unpaired) electrons. The molecule has 45 heavy (non-hydrogen) atoms. The summed E-state index contributed by atoms with van der Waals surface area (Å²) in [5.74, 6) is 0.162. The van der Waals surface area contributed by atoms with Gasteiger partial charge in [0.25, 0.3) is 0 Å². The second-order valence-electron chi connectivity index (χ2n) is 14.1. The molecule has 2 aliphatic rings. The molecule has 4 aromatic carbocycles. The molecular formula is C44H52O. The Balaban J connectivity index is 1.37. The Morgan fingerprint density at radius 3 is 1.51 bits per heavy atom. The predicted octanol–water partition coefficient (Wildman–Crippen LogP) is 12.9. The fraction of sp³-hybridized carbons (Fsp3) is 0.432. The van der Waals surface area contributed by atoms with Crippen LogP contribution in [-0.2, 0) is 5.41 Å². The van der Waals surface area contributed by atoms with Gasteiger partial charge in [0.2, 0.25) is 0 Å². The number of carbonyl (C=O) groups excluding carboxylic acids is 1. The summed E-state index contributed by atoms with van der Waals surface area (Å²) < 4.78 is 0. The van der Waals surface area contributed by atoms with Gasteiger partial charge in [-0.25, -0.2) is 0 Å². The van der Waals surface area contributed by atoms with E-state index in [-0.39, 0.29) is 11.2 Å². The maximum atomic E-state index is 13.5. The fourth-order valence-corrected chi connectivity index (χ4v) is 8.24. The average molecular weight is 597 g/mol. The van der Waals surface area contributed by atoms with Gasteiger partial charge in [0.15, 0.2) is 5.78 Å². The van der Waals surface area contributed by atoms with Gasteiger partial charge >= 0.3 is 0 Å². The molecule has 0 heterocycles. The standard InChI is InChI=1S/C44H52O/c1-5-7-9-11-13-15-25-44(26-16-14-12-10-8-6-2)41-28-32(4)18-22-37(41)38-24-20-34(30-42(38)44)33-19-23-36-35-21-17-31(3)27-39(35)43(45)40(36)29-33/h17-24,27-30H,5-16,25-26H2,1-4H3. The zero-order valence-electron chi connectivity index (χ0n) is 28.2. The number of unbranched alkanes of at least 4 members (excludes halogenated alkanes) is 10. The summed E-state index contributed by atoms with van der Waals surface area (Å²) in [6.07, 6.45) is 18.4. The second kappa shape index (κ2) is 13.9. The highest BCUT2D eigenvalue weighted by Gasteiger charge is 2.42. The zero-order chi connectivity index (χ0) is 31.4. The lowest BCUT2D eigenvalue weighted by Gasteiger charge is -2.33. The predicted molar refractivity (Wildman–Crippen MR) is 192 cm³/mol. The second-order valence-corrected chi connectivity index (χ2v) is 14.1. The zero-order valence-corrected chi connectivity index (χ0v) is 28.2. The van der Waals surface area contributed by atoms with Gasteiger partial charge < -0.3 is 0 Å². The molecule has 1 nitrogen and oxygen atoms in total. The third kappa shape index (κ3) is 6.20. The molecule has 0 saturated heterocycles. The van der Waals surface area contributed by atoms with E-state index >= 15 is 0 Å². The van der Waals surface area contributed by atoms with E-state index in [2.05, 4.69) is 94.4 Å². The molecule has 0 unspecified atom stereocenters. The number of benzene rings is 4. The molecule has 0 spiro atoms. The lowest BCUT2D eigenvalue weighted by atomic mass is 9.70. The average Bonchev–Trinajstić information content (AvgIpc) is 3.47. The summed E-state index contributed by atoms with van der Waals surface area (Å²) in [4.78, 5) is 13.5. The first-order valence-corrected chi connectivity index (χ1v) is 18.0. The number of carbonyl (C=O) groups is 1. The van der Waals surface area contributed by atoms with Gasteiger partial charge in [-0.3, -0.25) is 4.79 Å². The van der Waals surface area contributed by atoms with Crippen molar-refractivity contribution < 1.29 is 4.79 Å². The summed E-state index contributed by atoms with van der Waals surface area (Å²) in [5, 5.41) is 0. The van der Waals surface area contributed by atoms with Crippen LogP contribution in [0, 0.1) is 13.8 Å². The van der Waals surface area contributed by atoms with Crippen molar-refractivity contribution in [3.63, 3.8) is 0 Å². The first-order chi connectivity index (χ1) is 22.0. The maximum Gasteiger partial charge on any atom is 0.194 e. The Labute approximate surface area is 272 Å². The monoisotopic (exact) mass is 596 g/mol. The summed E-state index contributed by atoms with van der Waals surface area (Å²) >= 11 is 0. The molecule has 0 aromatic heterocycles. The normalized spacial score (nSPS) is 13.9. The third-order valence-electron chi connectivity index (χ3n) is 10.7. The van der Waals surface area contributed by atoms with Crippen molar-refractivity contribution in [2.75, 3.05) is 0 Å². The van der Waals surface area contributed by atoms with Crippen LogP contribution in [0.4, 0.5) is 0 Å². The van der Waals surface area contributed by atoms with Gasteiger partial charge in [-0.15, -0.1) is 0 Å². The van der Waals surface area contributed by atoms with Crippen molar-refractivity contribution in [3.8, 4) is 33.4 Å². The molecule has 0 amide bonds. The van der Waals surface area contributed by atoms with Crippen LogP contribution in [0.25, 0.3) is 33.4 Å². The van der Waals surface area contributed by atoms with E-state index in [1.807, 2.05) is 6.07 Å². The van der Waals surface area contributed by atoms with E-state index in [1.165, 1.54) is 118 Å². The molecule has 4 aromatic rings. The minimum Gasteiger partial charge on any atom is -0.289 e. The van der Waals surface area contributed by atoms with E-state index in [0.29, 0.717) is 0 Å². The number of aryl methyl sites for hydroxylation is 2. The van der Waals surface area contributed by atoms with Gasteiger partial charge in [0.1, 0.15) is 0 Å². The highest BCUT2D eigenvalue weighted by atomic mass is 16.1. The molecule has 0 fully saturated rings. The number of rotatable bonds is 15. The molecule has 0 N–H and O–H groups in total. The van der Waals surface area contributed by atoms with E-state index in [4.69, 9.17) is 0 Å². The van der Waals surface area contributed by atoms with Crippen LogP contribution in [0.2, 0.25) is 0 Å². The Morgan fingerprint density at radius 2 is 0.889 bits per heavy atom.